The number of piperidine rings is 1. The molecule has 0 saturated carbocycles. The predicted molar refractivity (Wildman–Crippen MR) is 119 cm³/mol. The van der Waals surface area contributed by atoms with E-state index in [2.05, 4.69) is 15.1 Å². The second-order valence-corrected chi connectivity index (χ2v) is 9.84. The van der Waals surface area contributed by atoms with E-state index in [1.165, 1.54) is 0 Å². The highest BCUT2D eigenvalue weighted by Crippen LogP contribution is 2.48. The van der Waals surface area contributed by atoms with Gasteiger partial charge in [0, 0.05) is 52.9 Å². The number of amides is 2. The van der Waals surface area contributed by atoms with Gasteiger partial charge in [0.2, 0.25) is 17.7 Å². The van der Waals surface area contributed by atoms with Gasteiger partial charge in [0.25, 0.3) is 5.91 Å². The van der Waals surface area contributed by atoms with Crippen LogP contribution < -0.4 is 0 Å². The molecule has 0 aromatic carbocycles. The van der Waals surface area contributed by atoms with E-state index in [9.17, 15) is 9.59 Å². The first kappa shape index (κ1) is 22.5. The molecule has 2 aliphatic rings. The SMILES string of the molecule is CC(C)c1nnc(C2CC3(CCN(C(=O)c4cccn4C)CC3)CN2CC(=O)N(C)C)o1. The van der Waals surface area contributed by atoms with Gasteiger partial charge < -0.3 is 18.8 Å². The van der Waals surface area contributed by atoms with Crippen LogP contribution in [0.4, 0.5) is 0 Å². The van der Waals surface area contributed by atoms with Gasteiger partial charge >= 0.3 is 0 Å². The van der Waals surface area contributed by atoms with Crippen LogP contribution in [0.3, 0.4) is 0 Å². The molecule has 0 aliphatic carbocycles. The predicted octanol–water partition coefficient (Wildman–Crippen LogP) is 2.29. The smallest absolute Gasteiger partial charge is 0.270 e. The second-order valence-electron chi connectivity index (χ2n) is 9.84. The summed E-state index contributed by atoms with van der Waals surface area (Å²) in [7, 11) is 5.45. The average Bonchev–Trinajstić information content (AvgIpc) is 3.47. The largest absolute Gasteiger partial charge is 0.423 e. The molecular formula is C23H34N6O3. The minimum atomic E-state index is -0.0750. The Hall–Kier alpha value is -2.68. The van der Waals surface area contributed by atoms with Gasteiger partial charge in [0.05, 0.1) is 12.6 Å². The lowest BCUT2D eigenvalue weighted by molar-refractivity contribution is -0.130. The van der Waals surface area contributed by atoms with Crippen LogP contribution in [0.2, 0.25) is 0 Å². The summed E-state index contributed by atoms with van der Waals surface area (Å²) in [5.74, 6) is 1.53. The van der Waals surface area contributed by atoms with E-state index < -0.39 is 0 Å². The van der Waals surface area contributed by atoms with Gasteiger partial charge in [-0.3, -0.25) is 14.5 Å². The zero-order chi connectivity index (χ0) is 23.0. The number of rotatable bonds is 5. The fourth-order valence-corrected chi connectivity index (χ4v) is 4.88. The normalized spacial score (nSPS) is 20.9. The molecule has 32 heavy (non-hydrogen) atoms. The van der Waals surface area contributed by atoms with E-state index in [-0.39, 0.29) is 29.2 Å². The lowest BCUT2D eigenvalue weighted by Crippen LogP contribution is -2.45. The Morgan fingerprint density at radius 1 is 1.25 bits per heavy atom. The Labute approximate surface area is 189 Å². The standard InChI is InChI=1S/C23H34N6O3/c1-16(2)20-24-25-21(32-20)18-13-23(15-29(18)14-19(30)26(3)4)8-11-28(12-9-23)22(31)17-7-6-10-27(17)5/h6-7,10,16,18H,8-9,11-15H2,1-5H3. The lowest BCUT2D eigenvalue weighted by Gasteiger charge is -2.39. The minimum absolute atomic E-state index is 0.0364. The molecule has 1 spiro atoms. The van der Waals surface area contributed by atoms with Gasteiger partial charge in [-0.05, 0) is 36.8 Å². The Morgan fingerprint density at radius 3 is 2.53 bits per heavy atom. The third-order valence-corrected chi connectivity index (χ3v) is 6.95. The highest BCUT2D eigenvalue weighted by atomic mass is 16.4. The average molecular weight is 443 g/mol. The topological polar surface area (TPSA) is 87.7 Å². The Morgan fingerprint density at radius 2 is 1.97 bits per heavy atom. The van der Waals surface area contributed by atoms with Crippen molar-refractivity contribution < 1.29 is 14.0 Å². The van der Waals surface area contributed by atoms with Crippen molar-refractivity contribution in [3.8, 4) is 0 Å². The van der Waals surface area contributed by atoms with Crippen molar-refractivity contribution in [2.24, 2.45) is 12.5 Å². The summed E-state index contributed by atoms with van der Waals surface area (Å²) in [5.41, 5.74) is 0.755. The van der Waals surface area contributed by atoms with Gasteiger partial charge in [-0.15, -0.1) is 10.2 Å². The molecule has 4 rings (SSSR count). The molecule has 0 bridgehead atoms. The fraction of sp³-hybridized carbons (Fsp3) is 0.652. The van der Waals surface area contributed by atoms with Gasteiger partial charge in [0.1, 0.15) is 5.69 Å². The first-order valence-corrected chi connectivity index (χ1v) is 11.4. The van der Waals surface area contributed by atoms with Crippen LogP contribution >= 0.6 is 0 Å². The Balaban J connectivity index is 1.50. The number of hydrogen-bond acceptors (Lipinski definition) is 6. The molecule has 9 heteroatoms. The first-order chi connectivity index (χ1) is 15.2. The van der Waals surface area contributed by atoms with Crippen LogP contribution in [0, 0.1) is 5.41 Å². The maximum absolute atomic E-state index is 12.9. The van der Waals surface area contributed by atoms with Crippen molar-refractivity contribution in [3.63, 3.8) is 0 Å². The number of nitrogens with zero attached hydrogens (tertiary/aromatic N) is 6. The molecule has 2 aliphatic heterocycles. The number of aromatic nitrogens is 3. The van der Waals surface area contributed by atoms with Crippen LogP contribution in [-0.2, 0) is 11.8 Å². The van der Waals surface area contributed by atoms with Crippen LogP contribution in [0.5, 0.6) is 0 Å². The molecule has 2 fully saturated rings. The number of likely N-dealkylation sites (tertiary alicyclic amines) is 2. The van der Waals surface area contributed by atoms with E-state index in [1.54, 1.807) is 19.0 Å². The lowest BCUT2D eigenvalue weighted by atomic mass is 9.76. The maximum atomic E-state index is 12.9. The summed E-state index contributed by atoms with van der Waals surface area (Å²) in [5, 5.41) is 8.56. The van der Waals surface area contributed by atoms with Crippen LogP contribution in [0.25, 0.3) is 0 Å². The van der Waals surface area contributed by atoms with E-state index in [1.807, 2.05) is 48.7 Å². The highest BCUT2D eigenvalue weighted by molar-refractivity contribution is 5.92. The number of carbonyl (C=O) groups excluding carboxylic acids is 2. The Kier molecular flexibility index (Phi) is 6.11. The zero-order valence-corrected chi connectivity index (χ0v) is 19.7. The van der Waals surface area contributed by atoms with Crippen molar-refractivity contribution in [2.45, 2.75) is 45.1 Å². The first-order valence-electron chi connectivity index (χ1n) is 11.4. The molecule has 174 valence electrons. The van der Waals surface area contributed by atoms with Crippen molar-refractivity contribution in [3.05, 3.63) is 35.8 Å². The van der Waals surface area contributed by atoms with Gasteiger partial charge in [-0.1, -0.05) is 13.8 Å². The molecule has 2 aromatic heterocycles. The molecule has 4 heterocycles. The van der Waals surface area contributed by atoms with Crippen LogP contribution in [0.15, 0.2) is 22.7 Å². The minimum Gasteiger partial charge on any atom is -0.423 e. The third kappa shape index (κ3) is 4.30. The quantitative estimate of drug-likeness (QED) is 0.706. The zero-order valence-electron chi connectivity index (χ0n) is 19.7. The van der Waals surface area contributed by atoms with Gasteiger partial charge in [-0.25, -0.2) is 0 Å². The molecule has 2 amide bonds. The van der Waals surface area contributed by atoms with Gasteiger partial charge in [-0.2, -0.15) is 0 Å². The molecule has 9 nitrogen and oxygen atoms in total. The van der Waals surface area contributed by atoms with E-state index in [0.717, 1.165) is 31.5 Å². The van der Waals surface area contributed by atoms with Crippen molar-refractivity contribution in [1.29, 1.82) is 0 Å². The Bertz CT molecular complexity index is 970. The summed E-state index contributed by atoms with van der Waals surface area (Å²) in [6, 6.07) is 3.69. The van der Waals surface area contributed by atoms with E-state index in [4.69, 9.17) is 4.42 Å². The summed E-state index contributed by atoms with van der Waals surface area (Å²) in [6.45, 7) is 6.61. The van der Waals surface area contributed by atoms with Crippen LogP contribution in [-0.4, -0.2) is 81.6 Å². The molecule has 1 atom stereocenters. The summed E-state index contributed by atoms with van der Waals surface area (Å²) in [6.07, 6.45) is 4.56. The van der Waals surface area contributed by atoms with E-state index >= 15 is 0 Å². The number of aryl methyl sites for hydroxylation is 1. The summed E-state index contributed by atoms with van der Waals surface area (Å²) >= 11 is 0. The van der Waals surface area contributed by atoms with Crippen molar-refractivity contribution >= 4 is 11.8 Å². The van der Waals surface area contributed by atoms with Crippen LogP contribution in [0.1, 0.15) is 67.3 Å². The molecule has 1 unspecified atom stereocenters. The summed E-state index contributed by atoms with van der Waals surface area (Å²) in [4.78, 5) is 31.2. The maximum Gasteiger partial charge on any atom is 0.270 e. The number of hydrogen-bond donors (Lipinski definition) is 0. The molecule has 2 aromatic rings. The number of likely N-dealkylation sites (N-methyl/N-ethyl adjacent to an activating group) is 1. The van der Waals surface area contributed by atoms with Crippen molar-refractivity contribution in [1.82, 2.24) is 29.5 Å². The monoisotopic (exact) mass is 442 g/mol. The molecular weight excluding hydrogens is 408 g/mol. The second kappa shape index (κ2) is 8.69. The highest BCUT2D eigenvalue weighted by Gasteiger charge is 2.48. The van der Waals surface area contributed by atoms with E-state index in [0.29, 0.717) is 31.4 Å². The summed E-state index contributed by atoms with van der Waals surface area (Å²) < 4.78 is 7.87. The van der Waals surface area contributed by atoms with Crippen molar-refractivity contribution in [2.75, 3.05) is 40.3 Å². The third-order valence-electron chi connectivity index (χ3n) is 6.95. The number of carbonyl (C=O) groups is 2. The molecule has 0 N–H and O–H groups in total. The van der Waals surface area contributed by atoms with Gasteiger partial charge in [0.15, 0.2) is 0 Å². The molecule has 0 radical (unpaired) electrons. The fourth-order valence-electron chi connectivity index (χ4n) is 4.88. The molecule has 2 saturated heterocycles.